The van der Waals surface area contributed by atoms with Crippen molar-refractivity contribution in [3.8, 4) is 0 Å². The summed E-state index contributed by atoms with van der Waals surface area (Å²) in [5.41, 5.74) is 1.64. The number of hydrogen-bond donors (Lipinski definition) is 1. The second kappa shape index (κ2) is 4.32. The van der Waals surface area contributed by atoms with Crippen molar-refractivity contribution in [2.75, 3.05) is 0 Å². The highest BCUT2D eigenvalue weighted by Crippen LogP contribution is 2.13. The second-order valence-corrected chi connectivity index (χ2v) is 3.77. The smallest absolute Gasteiger partial charge is 0.168 e. The lowest BCUT2D eigenvalue weighted by Crippen LogP contribution is -2.01. The van der Waals surface area contributed by atoms with Gasteiger partial charge < -0.3 is 4.98 Å². The average molecular weight is 220 g/mol. The van der Waals surface area contributed by atoms with Crippen molar-refractivity contribution < 1.29 is 4.79 Å². The van der Waals surface area contributed by atoms with Crippen LogP contribution in [0.15, 0.2) is 42.7 Å². The molecule has 0 fully saturated rings. The zero-order valence-corrected chi connectivity index (χ0v) is 8.79. The fourth-order valence-electron chi connectivity index (χ4n) is 1.43. The Hall–Kier alpha value is -1.54. The van der Waals surface area contributed by atoms with Crippen molar-refractivity contribution in [3.05, 3.63) is 58.9 Å². The molecule has 1 aromatic heterocycles. The number of carbonyl (C=O) groups excluding carboxylic acids is 1. The summed E-state index contributed by atoms with van der Waals surface area (Å²) in [5, 5.41) is 0.661. The monoisotopic (exact) mass is 219 g/mol. The van der Waals surface area contributed by atoms with E-state index in [0.29, 0.717) is 17.0 Å². The van der Waals surface area contributed by atoms with Gasteiger partial charge >= 0.3 is 0 Å². The van der Waals surface area contributed by atoms with Gasteiger partial charge in [-0.25, -0.2) is 0 Å². The first kappa shape index (κ1) is 9.99. The van der Waals surface area contributed by atoms with Crippen LogP contribution in [-0.2, 0) is 6.42 Å². The van der Waals surface area contributed by atoms with Gasteiger partial charge in [-0.05, 0) is 23.8 Å². The van der Waals surface area contributed by atoms with Gasteiger partial charge in [-0.2, -0.15) is 0 Å². The normalized spacial score (nSPS) is 10.2. The van der Waals surface area contributed by atoms with Gasteiger partial charge in [0.25, 0.3) is 0 Å². The number of Topliss-reactive ketones (excluding diaryl/α,β-unsaturated/α-hetero) is 1. The summed E-state index contributed by atoms with van der Waals surface area (Å²) in [6.45, 7) is 0. The number of nitrogens with one attached hydrogen (secondary N) is 1. The number of aromatic nitrogens is 1. The molecule has 0 spiro atoms. The third-order valence-electron chi connectivity index (χ3n) is 2.17. The van der Waals surface area contributed by atoms with E-state index in [0.717, 1.165) is 5.56 Å². The van der Waals surface area contributed by atoms with Gasteiger partial charge in [-0.1, -0.05) is 23.7 Å². The van der Waals surface area contributed by atoms with E-state index in [2.05, 4.69) is 4.98 Å². The Balaban J connectivity index is 2.13. The summed E-state index contributed by atoms with van der Waals surface area (Å²) in [6, 6.07) is 9.13. The van der Waals surface area contributed by atoms with E-state index >= 15 is 0 Å². The molecular formula is C12H10ClNO. The standard InChI is InChI=1S/C12H10ClNO/c13-11-3-1-2-9(6-11)7-12(15)10-4-5-14-8-10/h1-6,8,14H,7H2. The van der Waals surface area contributed by atoms with E-state index in [1.807, 2.05) is 18.2 Å². The summed E-state index contributed by atoms with van der Waals surface area (Å²) in [6.07, 6.45) is 3.83. The number of carbonyl (C=O) groups is 1. The quantitative estimate of drug-likeness (QED) is 0.791. The van der Waals surface area contributed by atoms with Gasteiger partial charge in [0, 0.05) is 29.4 Å². The maximum Gasteiger partial charge on any atom is 0.168 e. The van der Waals surface area contributed by atoms with Crippen LogP contribution in [0.5, 0.6) is 0 Å². The molecule has 2 aromatic rings. The lowest BCUT2D eigenvalue weighted by atomic mass is 10.1. The molecule has 1 heterocycles. The Morgan fingerprint density at radius 1 is 1.33 bits per heavy atom. The van der Waals surface area contributed by atoms with Gasteiger partial charge in [-0.3, -0.25) is 4.79 Å². The molecule has 0 bridgehead atoms. The highest BCUT2D eigenvalue weighted by molar-refractivity contribution is 6.30. The fraction of sp³-hybridized carbons (Fsp3) is 0.0833. The molecule has 15 heavy (non-hydrogen) atoms. The molecule has 0 aliphatic heterocycles. The van der Waals surface area contributed by atoms with Gasteiger partial charge in [0.2, 0.25) is 0 Å². The number of ketones is 1. The minimum atomic E-state index is 0.0958. The predicted octanol–water partition coefficient (Wildman–Crippen LogP) is 3.09. The highest BCUT2D eigenvalue weighted by atomic mass is 35.5. The second-order valence-electron chi connectivity index (χ2n) is 3.33. The minimum absolute atomic E-state index is 0.0958. The van der Waals surface area contributed by atoms with E-state index in [-0.39, 0.29) is 5.78 Å². The molecule has 0 saturated heterocycles. The summed E-state index contributed by atoms with van der Waals surface area (Å²) in [4.78, 5) is 14.6. The van der Waals surface area contributed by atoms with Crippen molar-refractivity contribution in [1.29, 1.82) is 0 Å². The zero-order chi connectivity index (χ0) is 10.7. The van der Waals surface area contributed by atoms with Crippen molar-refractivity contribution in [1.82, 2.24) is 4.98 Å². The van der Waals surface area contributed by atoms with Crippen LogP contribution in [0.3, 0.4) is 0 Å². The van der Waals surface area contributed by atoms with Crippen molar-refractivity contribution in [3.63, 3.8) is 0 Å². The predicted molar refractivity (Wildman–Crippen MR) is 60.3 cm³/mol. The molecule has 1 N–H and O–H groups in total. The van der Waals surface area contributed by atoms with Crippen LogP contribution in [0.4, 0.5) is 0 Å². The van der Waals surface area contributed by atoms with Gasteiger partial charge in [0.1, 0.15) is 0 Å². The number of hydrogen-bond acceptors (Lipinski definition) is 1. The molecule has 3 heteroatoms. The molecule has 0 unspecified atom stereocenters. The van der Waals surface area contributed by atoms with Crippen LogP contribution < -0.4 is 0 Å². The van der Waals surface area contributed by atoms with Crippen molar-refractivity contribution >= 4 is 17.4 Å². The van der Waals surface area contributed by atoms with Crippen molar-refractivity contribution in [2.24, 2.45) is 0 Å². The molecule has 76 valence electrons. The average Bonchev–Trinajstić information content (AvgIpc) is 2.70. The highest BCUT2D eigenvalue weighted by Gasteiger charge is 2.06. The van der Waals surface area contributed by atoms with E-state index in [1.165, 1.54) is 0 Å². The van der Waals surface area contributed by atoms with Gasteiger partial charge in [0.05, 0.1) is 0 Å². The number of benzene rings is 1. The maximum absolute atomic E-state index is 11.7. The Bertz CT molecular complexity index is 462. The molecule has 0 atom stereocenters. The molecule has 0 amide bonds. The zero-order valence-electron chi connectivity index (χ0n) is 8.03. The summed E-state index contributed by atoms with van der Waals surface area (Å²) < 4.78 is 0. The van der Waals surface area contributed by atoms with Crippen LogP contribution in [-0.4, -0.2) is 10.8 Å². The summed E-state index contributed by atoms with van der Waals surface area (Å²) >= 11 is 5.84. The molecular weight excluding hydrogens is 210 g/mol. The number of H-pyrrole nitrogens is 1. The first-order valence-corrected chi connectivity index (χ1v) is 5.04. The lowest BCUT2D eigenvalue weighted by molar-refractivity contribution is 0.0993. The van der Waals surface area contributed by atoms with Crippen LogP contribution in [0.2, 0.25) is 5.02 Å². The number of aromatic amines is 1. The first-order chi connectivity index (χ1) is 7.25. The van der Waals surface area contributed by atoms with E-state index in [4.69, 9.17) is 11.6 Å². The Labute approximate surface area is 92.9 Å². The molecule has 1 aromatic carbocycles. The summed E-state index contributed by atoms with van der Waals surface area (Å²) in [7, 11) is 0. The SMILES string of the molecule is O=C(Cc1cccc(Cl)c1)c1cc[nH]c1. The van der Waals surface area contributed by atoms with Gasteiger partial charge in [0.15, 0.2) is 5.78 Å². The molecule has 0 saturated carbocycles. The Morgan fingerprint density at radius 3 is 2.87 bits per heavy atom. The third-order valence-corrected chi connectivity index (χ3v) is 2.41. The summed E-state index contributed by atoms with van der Waals surface area (Å²) in [5.74, 6) is 0.0958. The molecule has 0 aliphatic rings. The van der Waals surface area contributed by atoms with Crippen molar-refractivity contribution in [2.45, 2.75) is 6.42 Å². The van der Waals surface area contributed by atoms with E-state index < -0.39 is 0 Å². The molecule has 2 rings (SSSR count). The lowest BCUT2D eigenvalue weighted by Gasteiger charge is -1.99. The van der Waals surface area contributed by atoms with Crippen LogP contribution in [0.25, 0.3) is 0 Å². The molecule has 2 nitrogen and oxygen atoms in total. The largest absolute Gasteiger partial charge is 0.367 e. The first-order valence-electron chi connectivity index (χ1n) is 4.66. The molecule has 0 aliphatic carbocycles. The van der Waals surface area contributed by atoms with Crippen LogP contribution >= 0.6 is 11.6 Å². The number of rotatable bonds is 3. The maximum atomic E-state index is 11.7. The van der Waals surface area contributed by atoms with E-state index in [1.54, 1.807) is 24.5 Å². The third kappa shape index (κ3) is 2.48. The van der Waals surface area contributed by atoms with Gasteiger partial charge in [-0.15, -0.1) is 0 Å². The Kier molecular flexibility index (Phi) is 2.88. The Morgan fingerprint density at radius 2 is 2.20 bits per heavy atom. The van der Waals surface area contributed by atoms with Crippen LogP contribution in [0.1, 0.15) is 15.9 Å². The van der Waals surface area contributed by atoms with Crippen LogP contribution in [0, 0.1) is 0 Å². The van der Waals surface area contributed by atoms with E-state index in [9.17, 15) is 4.79 Å². The topological polar surface area (TPSA) is 32.9 Å². The minimum Gasteiger partial charge on any atom is -0.367 e. The molecule has 0 radical (unpaired) electrons. The fourth-order valence-corrected chi connectivity index (χ4v) is 1.64. The number of halogens is 1.